The van der Waals surface area contributed by atoms with Gasteiger partial charge in [0.25, 0.3) is 0 Å². The van der Waals surface area contributed by atoms with E-state index in [0.717, 1.165) is 41.1 Å². The second kappa shape index (κ2) is 6.70. The molecule has 2 aromatic heterocycles. The molecule has 1 aliphatic rings. The monoisotopic (exact) mass is 355 g/mol. The molecular formula is C20H22ClN3O. The molecule has 0 radical (unpaired) electrons. The third-order valence-corrected chi connectivity index (χ3v) is 5.40. The van der Waals surface area contributed by atoms with Crippen molar-refractivity contribution in [3.8, 4) is 11.3 Å². The van der Waals surface area contributed by atoms with Crippen molar-refractivity contribution in [2.24, 2.45) is 0 Å². The first-order valence-corrected chi connectivity index (χ1v) is 9.17. The van der Waals surface area contributed by atoms with Crippen LogP contribution in [0.25, 0.3) is 16.9 Å². The molecule has 3 aromatic rings. The molecule has 25 heavy (non-hydrogen) atoms. The second-order valence-corrected chi connectivity index (χ2v) is 7.15. The number of halogens is 1. The Hall–Kier alpha value is -2.04. The van der Waals surface area contributed by atoms with E-state index in [9.17, 15) is 5.11 Å². The van der Waals surface area contributed by atoms with Gasteiger partial charge in [-0.3, -0.25) is 0 Å². The smallest absolute Gasteiger partial charge is 0.139 e. The summed E-state index contributed by atoms with van der Waals surface area (Å²) in [5.74, 6) is 0. The summed E-state index contributed by atoms with van der Waals surface area (Å²) in [6.45, 7) is 4.15. The minimum atomic E-state index is -0.0275. The maximum atomic E-state index is 9.70. The number of rotatable bonds is 3. The van der Waals surface area contributed by atoms with Crippen LogP contribution in [0, 0.1) is 6.92 Å². The van der Waals surface area contributed by atoms with Gasteiger partial charge in [-0.25, -0.2) is 4.98 Å². The van der Waals surface area contributed by atoms with Crippen LogP contribution in [-0.2, 0) is 6.61 Å². The number of nitrogens with zero attached hydrogens (tertiary/aromatic N) is 3. The predicted molar refractivity (Wildman–Crippen MR) is 102 cm³/mol. The molecule has 1 aliphatic heterocycles. The van der Waals surface area contributed by atoms with Crippen LogP contribution in [0.4, 0.5) is 5.69 Å². The molecule has 0 spiro atoms. The zero-order chi connectivity index (χ0) is 17.4. The summed E-state index contributed by atoms with van der Waals surface area (Å²) in [5.41, 5.74) is 5.68. The van der Waals surface area contributed by atoms with Crippen LogP contribution < -0.4 is 4.90 Å². The van der Waals surface area contributed by atoms with Gasteiger partial charge in [0.1, 0.15) is 5.65 Å². The van der Waals surface area contributed by atoms with Gasteiger partial charge in [-0.1, -0.05) is 17.7 Å². The van der Waals surface area contributed by atoms with E-state index in [1.54, 1.807) is 0 Å². The van der Waals surface area contributed by atoms with E-state index in [-0.39, 0.29) is 6.61 Å². The Kier molecular flexibility index (Phi) is 4.40. The summed E-state index contributed by atoms with van der Waals surface area (Å²) < 4.78 is 2.03. The van der Waals surface area contributed by atoms with Crippen molar-refractivity contribution in [3.05, 3.63) is 52.8 Å². The maximum Gasteiger partial charge on any atom is 0.139 e. The molecule has 0 unspecified atom stereocenters. The highest BCUT2D eigenvalue weighted by Crippen LogP contribution is 2.30. The maximum absolute atomic E-state index is 9.70. The first kappa shape index (κ1) is 16.4. The molecule has 130 valence electrons. The van der Waals surface area contributed by atoms with Crippen molar-refractivity contribution in [2.75, 3.05) is 18.0 Å². The zero-order valence-electron chi connectivity index (χ0n) is 14.4. The number of aromatic nitrogens is 2. The number of anilines is 1. The Bertz CT molecular complexity index is 913. The Morgan fingerprint density at radius 2 is 1.96 bits per heavy atom. The van der Waals surface area contributed by atoms with E-state index >= 15 is 0 Å². The van der Waals surface area contributed by atoms with Crippen molar-refractivity contribution in [2.45, 2.75) is 32.8 Å². The van der Waals surface area contributed by atoms with Crippen LogP contribution in [0.1, 0.15) is 30.4 Å². The molecule has 0 saturated carbocycles. The quantitative estimate of drug-likeness (QED) is 0.754. The van der Waals surface area contributed by atoms with Crippen LogP contribution in [0.5, 0.6) is 0 Å². The molecule has 1 fully saturated rings. The number of fused-ring (bicyclic) bond motifs is 1. The Morgan fingerprint density at radius 1 is 1.16 bits per heavy atom. The molecule has 0 bridgehead atoms. The van der Waals surface area contributed by atoms with Gasteiger partial charge in [0, 0.05) is 47.8 Å². The van der Waals surface area contributed by atoms with Gasteiger partial charge >= 0.3 is 0 Å². The van der Waals surface area contributed by atoms with Crippen LogP contribution in [-0.4, -0.2) is 27.6 Å². The summed E-state index contributed by atoms with van der Waals surface area (Å²) in [4.78, 5) is 7.21. The molecule has 0 amide bonds. The third kappa shape index (κ3) is 3.12. The summed E-state index contributed by atoms with van der Waals surface area (Å²) in [6, 6.07) is 8.12. The topological polar surface area (TPSA) is 40.8 Å². The van der Waals surface area contributed by atoms with Crippen LogP contribution in [0.15, 0.2) is 36.7 Å². The minimum absolute atomic E-state index is 0.0275. The SMILES string of the molecule is Cc1cc(CO)c(-c2cn3ccc(N4CCCCC4)cc3n2)cc1Cl. The molecular weight excluding hydrogens is 334 g/mol. The van der Waals surface area contributed by atoms with E-state index in [0.29, 0.717) is 5.02 Å². The average molecular weight is 356 g/mol. The lowest BCUT2D eigenvalue weighted by Crippen LogP contribution is -2.29. The lowest BCUT2D eigenvalue weighted by Gasteiger charge is -2.28. The fraction of sp³-hybridized carbons (Fsp3) is 0.350. The van der Waals surface area contributed by atoms with Gasteiger partial charge in [0.2, 0.25) is 0 Å². The van der Waals surface area contributed by atoms with Gasteiger partial charge in [-0.05, 0) is 49.4 Å². The first-order chi connectivity index (χ1) is 12.2. The lowest BCUT2D eigenvalue weighted by molar-refractivity contribution is 0.282. The van der Waals surface area contributed by atoms with Crippen molar-refractivity contribution in [1.82, 2.24) is 9.38 Å². The van der Waals surface area contributed by atoms with E-state index in [4.69, 9.17) is 16.6 Å². The van der Waals surface area contributed by atoms with Gasteiger partial charge in [-0.2, -0.15) is 0 Å². The molecule has 1 saturated heterocycles. The number of imidazole rings is 1. The van der Waals surface area contributed by atoms with Crippen molar-refractivity contribution < 1.29 is 5.11 Å². The number of aryl methyl sites for hydroxylation is 1. The number of aliphatic hydroxyl groups excluding tert-OH is 1. The van der Waals surface area contributed by atoms with Crippen LogP contribution in [0.3, 0.4) is 0 Å². The van der Waals surface area contributed by atoms with Gasteiger partial charge in [-0.15, -0.1) is 0 Å². The average Bonchev–Trinajstić information content (AvgIpc) is 3.07. The highest BCUT2D eigenvalue weighted by molar-refractivity contribution is 6.31. The van der Waals surface area contributed by atoms with Gasteiger partial charge in [0.05, 0.1) is 12.3 Å². The fourth-order valence-electron chi connectivity index (χ4n) is 3.56. The Balaban J connectivity index is 1.75. The molecule has 1 N–H and O–H groups in total. The number of aliphatic hydroxyl groups is 1. The molecule has 3 heterocycles. The number of pyridine rings is 1. The summed E-state index contributed by atoms with van der Waals surface area (Å²) in [7, 11) is 0. The Morgan fingerprint density at radius 3 is 2.72 bits per heavy atom. The third-order valence-electron chi connectivity index (χ3n) is 5.00. The van der Waals surface area contributed by atoms with Crippen LogP contribution >= 0.6 is 11.6 Å². The van der Waals surface area contributed by atoms with Gasteiger partial charge in [0.15, 0.2) is 0 Å². The summed E-state index contributed by atoms with van der Waals surface area (Å²) in [5, 5.41) is 10.4. The normalized spacial score (nSPS) is 15.1. The molecule has 0 aliphatic carbocycles. The van der Waals surface area contributed by atoms with E-state index in [1.807, 2.05) is 29.7 Å². The van der Waals surface area contributed by atoms with E-state index in [2.05, 4.69) is 23.2 Å². The second-order valence-electron chi connectivity index (χ2n) is 6.74. The predicted octanol–water partition coefficient (Wildman–Crippen LogP) is 4.45. The van der Waals surface area contributed by atoms with Crippen molar-refractivity contribution >= 4 is 22.9 Å². The van der Waals surface area contributed by atoms with Gasteiger partial charge < -0.3 is 14.4 Å². The number of benzene rings is 1. The highest BCUT2D eigenvalue weighted by atomic mass is 35.5. The molecule has 4 nitrogen and oxygen atoms in total. The standard InChI is InChI=1S/C20H22ClN3O/c1-14-9-15(13-25)17(11-18(14)21)19-12-24-8-5-16(10-20(24)22-19)23-6-3-2-4-7-23/h5,8-12,25H,2-4,6-7,13H2,1H3. The zero-order valence-corrected chi connectivity index (χ0v) is 15.1. The number of hydrogen-bond donors (Lipinski definition) is 1. The number of piperidine rings is 1. The van der Waals surface area contributed by atoms with E-state index < -0.39 is 0 Å². The summed E-state index contributed by atoms with van der Waals surface area (Å²) in [6.07, 6.45) is 7.89. The molecule has 5 heteroatoms. The molecule has 4 rings (SSSR count). The number of hydrogen-bond acceptors (Lipinski definition) is 3. The van der Waals surface area contributed by atoms with Crippen molar-refractivity contribution in [3.63, 3.8) is 0 Å². The first-order valence-electron chi connectivity index (χ1n) is 8.79. The van der Waals surface area contributed by atoms with E-state index in [1.165, 1.54) is 24.9 Å². The lowest BCUT2D eigenvalue weighted by atomic mass is 10.0. The fourth-order valence-corrected chi connectivity index (χ4v) is 3.72. The van der Waals surface area contributed by atoms with Crippen LogP contribution in [0.2, 0.25) is 5.02 Å². The molecule has 1 aromatic carbocycles. The largest absolute Gasteiger partial charge is 0.392 e. The minimum Gasteiger partial charge on any atom is -0.392 e. The van der Waals surface area contributed by atoms with Crippen molar-refractivity contribution in [1.29, 1.82) is 0 Å². The highest BCUT2D eigenvalue weighted by Gasteiger charge is 2.14. The molecule has 0 atom stereocenters. The Labute approximate surface area is 152 Å². The summed E-state index contributed by atoms with van der Waals surface area (Å²) >= 11 is 6.30.